The Morgan fingerprint density at radius 3 is 2.64 bits per heavy atom. The molecular formula is C19H25ClN4O. The lowest BCUT2D eigenvalue weighted by Crippen LogP contribution is -2.53. The van der Waals surface area contributed by atoms with Gasteiger partial charge >= 0.3 is 0 Å². The lowest BCUT2D eigenvalue weighted by molar-refractivity contribution is -0.128. The van der Waals surface area contributed by atoms with Crippen LogP contribution in [0.15, 0.2) is 42.7 Å². The van der Waals surface area contributed by atoms with Gasteiger partial charge in [-0.2, -0.15) is 5.10 Å². The third-order valence-corrected chi connectivity index (χ3v) is 5.60. The molecule has 1 amide bonds. The van der Waals surface area contributed by atoms with Crippen LogP contribution in [0.2, 0.25) is 0 Å². The van der Waals surface area contributed by atoms with Crippen LogP contribution in [-0.2, 0) is 17.4 Å². The Bertz CT molecular complexity index is 726. The van der Waals surface area contributed by atoms with E-state index in [9.17, 15) is 4.79 Å². The van der Waals surface area contributed by atoms with Gasteiger partial charge in [0.1, 0.15) is 0 Å². The van der Waals surface area contributed by atoms with Gasteiger partial charge in [0, 0.05) is 32.3 Å². The van der Waals surface area contributed by atoms with Crippen LogP contribution in [0.4, 0.5) is 0 Å². The van der Waals surface area contributed by atoms with Crippen molar-refractivity contribution in [2.24, 2.45) is 13.0 Å². The number of rotatable bonds is 4. The van der Waals surface area contributed by atoms with Gasteiger partial charge in [0.05, 0.1) is 17.7 Å². The van der Waals surface area contributed by atoms with Gasteiger partial charge in [0.15, 0.2) is 0 Å². The second-order valence-corrected chi connectivity index (χ2v) is 7.11. The molecule has 6 heteroatoms. The van der Waals surface area contributed by atoms with Crippen molar-refractivity contribution in [2.45, 2.75) is 30.7 Å². The Kier molecular flexibility index (Phi) is 5.16. The second kappa shape index (κ2) is 7.18. The van der Waals surface area contributed by atoms with Crippen molar-refractivity contribution in [3.63, 3.8) is 0 Å². The molecule has 1 aromatic heterocycles. The predicted octanol–water partition coefficient (Wildman–Crippen LogP) is 2.34. The molecule has 0 spiro atoms. The van der Waals surface area contributed by atoms with Crippen molar-refractivity contribution in [1.82, 2.24) is 20.4 Å². The minimum Gasteiger partial charge on any atom is -0.346 e. The van der Waals surface area contributed by atoms with Crippen LogP contribution < -0.4 is 10.6 Å². The Hall–Kier alpha value is -1.85. The fraction of sp³-hybridized carbons (Fsp3) is 0.474. The highest BCUT2D eigenvalue weighted by Crippen LogP contribution is 2.42. The number of carbonyl (C=O) groups excluding carboxylic acids is 1. The highest BCUT2D eigenvalue weighted by molar-refractivity contribution is 5.85. The van der Waals surface area contributed by atoms with E-state index in [4.69, 9.17) is 0 Å². The lowest BCUT2D eigenvalue weighted by Gasteiger charge is -2.44. The summed E-state index contributed by atoms with van der Waals surface area (Å²) in [5, 5.41) is 11.0. The number of nitrogens with one attached hydrogen (secondary N) is 2. The molecule has 1 saturated heterocycles. The molecular weight excluding hydrogens is 336 g/mol. The van der Waals surface area contributed by atoms with Crippen LogP contribution in [0, 0.1) is 5.92 Å². The molecule has 134 valence electrons. The molecule has 1 aromatic carbocycles. The molecule has 2 fully saturated rings. The summed E-state index contributed by atoms with van der Waals surface area (Å²) in [7, 11) is 1.92. The molecule has 2 N–H and O–H groups in total. The van der Waals surface area contributed by atoms with Crippen molar-refractivity contribution in [1.29, 1.82) is 0 Å². The zero-order valence-electron chi connectivity index (χ0n) is 14.4. The maximum atomic E-state index is 13.0. The van der Waals surface area contributed by atoms with E-state index in [-0.39, 0.29) is 35.7 Å². The van der Waals surface area contributed by atoms with Gasteiger partial charge in [-0.15, -0.1) is 12.4 Å². The summed E-state index contributed by atoms with van der Waals surface area (Å²) < 4.78 is 1.81. The molecule has 5 nitrogen and oxygen atoms in total. The molecule has 4 rings (SSSR count). The van der Waals surface area contributed by atoms with Crippen molar-refractivity contribution in [3.8, 4) is 0 Å². The topological polar surface area (TPSA) is 59.0 Å². The molecule has 0 unspecified atom stereocenters. The third kappa shape index (κ3) is 3.31. The summed E-state index contributed by atoms with van der Waals surface area (Å²) in [4.78, 5) is 13.0. The summed E-state index contributed by atoms with van der Waals surface area (Å²) >= 11 is 0. The van der Waals surface area contributed by atoms with Crippen LogP contribution in [0.3, 0.4) is 0 Å². The maximum Gasteiger partial charge on any atom is 0.225 e. The molecule has 0 bridgehead atoms. The molecule has 2 heterocycles. The number of hydrogen-bond acceptors (Lipinski definition) is 3. The van der Waals surface area contributed by atoms with Gasteiger partial charge in [0.25, 0.3) is 0 Å². The normalized spacial score (nSPS) is 24.2. The number of nitrogens with zero attached hydrogens (tertiary/aromatic N) is 2. The van der Waals surface area contributed by atoms with Gasteiger partial charge in [-0.25, -0.2) is 0 Å². The average molecular weight is 361 g/mol. The van der Waals surface area contributed by atoms with Crippen molar-refractivity contribution < 1.29 is 4.79 Å². The van der Waals surface area contributed by atoms with Crippen molar-refractivity contribution in [3.05, 3.63) is 53.9 Å². The molecule has 2 aliphatic rings. The van der Waals surface area contributed by atoms with E-state index < -0.39 is 0 Å². The monoisotopic (exact) mass is 360 g/mol. The second-order valence-electron chi connectivity index (χ2n) is 7.11. The first-order valence-electron chi connectivity index (χ1n) is 8.75. The minimum atomic E-state index is -0.166. The Balaban J connectivity index is 0.00000182. The van der Waals surface area contributed by atoms with E-state index >= 15 is 0 Å². The molecule has 0 radical (unpaired) electrons. The highest BCUT2D eigenvalue weighted by Gasteiger charge is 2.43. The molecule has 2 aromatic rings. The minimum absolute atomic E-state index is 0. The number of aryl methyl sites for hydroxylation is 1. The van der Waals surface area contributed by atoms with E-state index in [1.807, 2.05) is 25.5 Å². The number of carbonyl (C=O) groups is 1. The Labute approximate surface area is 154 Å². The standard InChI is InChI=1S/C19H24N4O.ClH/c1-23-13-14(10-21-23)16-11-20-12-17(16)18(24)22-19(8-5-9-19)15-6-3-2-4-7-15;/h2-4,6-7,10,13,16-17,20H,5,8-9,11-12H2,1H3,(H,22,24);1H/t16-,17+;/m1./s1. The summed E-state index contributed by atoms with van der Waals surface area (Å²) in [5.41, 5.74) is 2.21. The van der Waals surface area contributed by atoms with Gasteiger partial charge < -0.3 is 10.6 Å². The molecule has 1 aliphatic carbocycles. The average Bonchev–Trinajstić information content (AvgIpc) is 3.20. The fourth-order valence-electron chi connectivity index (χ4n) is 4.04. The molecule has 2 atom stereocenters. The van der Waals surface area contributed by atoms with Gasteiger partial charge in [0.2, 0.25) is 5.91 Å². The van der Waals surface area contributed by atoms with Crippen LogP contribution in [0.5, 0.6) is 0 Å². The van der Waals surface area contributed by atoms with E-state index in [0.717, 1.165) is 31.5 Å². The highest BCUT2D eigenvalue weighted by atomic mass is 35.5. The predicted molar refractivity (Wildman–Crippen MR) is 99.7 cm³/mol. The number of amides is 1. The summed E-state index contributed by atoms with van der Waals surface area (Å²) in [6.45, 7) is 1.57. The third-order valence-electron chi connectivity index (χ3n) is 5.60. The van der Waals surface area contributed by atoms with Crippen LogP contribution in [-0.4, -0.2) is 28.8 Å². The van der Waals surface area contributed by atoms with Gasteiger partial charge in [-0.05, 0) is 30.4 Å². The first kappa shape index (κ1) is 18.0. The largest absolute Gasteiger partial charge is 0.346 e. The SMILES string of the molecule is Cl.Cn1cc([C@H]2CNC[C@@H]2C(=O)NC2(c3ccccc3)CCC2)cn1. The number of aromatic nitrogens is 2. The molecule has 1 saturated carbocycles. The van der Waals surface area contributed by atoms with Crippen LogP contribution in [0.25, 0.3) is 0 Å². The maximum absolute atomic E-state index is 13.0. The summed E-state index contributed by atoms with van der Waals surface area (Å²) in [6.07, 6.45) is 7.13. The van der Waals surface area contributed by atoms with Gasteiger partial charge in [-0.3, -0.25) is 9.48 Å². The van der Waals surface area contributed by atoms with E-state index in [2.05, 4.69) is 40.0 Å². The smallest absolute Gasteiger partial charge is 0.225 e. The zero-order chi connectivity index (χ0) is 16.6. The number of benzene rings is 1. The first-order chi connectivity index (χ1) is 11.7. The summed E-state index contributed by atoms with van der Waals surface area (Å²) in [6, 6.07) is 10.4. The number of halogens is 1. The van der Waals surface area contributed by atoms with Crippen LogP contribution >= 0.6 is 12.4 Å². The Morgan fingerprint density at radius 2 is 2.04 bits per heavy atom. The quantitative estimate of drug-likeness (QED) is 0.879. The Morgan fingerprint density at radius 1 is 1.28 bits per heavy atom. The zero-order valence-corrected chi connectivity index (χ0v) is 15.3. The van der Waals surface area contributed by atoms with Crippen molar-refractivity contribution in [2.75, 3.05) is 13.1 Å². The summed E-state index contributed by atoms with van der Waals surface area (Å²) in [5.74, 6) is 0.333. The van der Waals surface area contributed by atoms with E-state index in [1.165, 1.54) is 12.0 Å². The number of hydrogen-bond donors (Lipinski definition) is 2. The van der Waals surface area contributed by atoms with E-state index in [0.29, 0.717) is 0 Å². The van der Waals surface area contributed by atoms with Gasteiger partial charge in [-0.1, -0.05) is 30.3 Å². The van der Waals surface area contributed by atoms with Crippen molar-refractivity contribution >= 4 is 18.3 Å². The van der Waals surface area contributed by atoms with E-state index in [1.54, 1.807) is 4.68 Å². The lowest BCUT2D eigenvalue weighted by atomic mass is 9.71. The first-order valence-corrected chi connectivity index (χ1v) is 8.75. The molecule has 25 heavy (non-hydrogen) atoms. The fourth-order valence-corrected chi connectivity index (χ4v) is 4.04. The van der Waals surface area contributed by atoms with Crippen LogP contribution in [0.1, 0.15) is 36.3 Å². The molecule has 1 aliphatic heterocycles.